The summed E-state index contributed by atoms with van der Waals surface area (Å²) in [6, 6.07) is -0.805. The number of carbonyl (C=O) groups excluding carboxylic acids is 2. The number of carbonyl (C=O) groups is 2. The largest absolute Gasteiger partial charge is 0.466 e. The van der Waals surface area contributed by atoms with E-state index >= 15 is 0 Å². The van der Waals surface area contributed by atoms with Gasteiger partial charge < -0.3 is 45.1 Å². The molecular weight excluding hydrogens is 1010 g/mol. The van der Waals surface area contributed by atoms with E-state index in [-0.39, 0.29) is 18.5 Å². The average Bonchev–Trinajstić information content (AvgIpc) is 3.46. The predicted octanol–water partition coefficient (Wildman–Crippen LogP) is 17.6. The summed E-state index contributed by atoms with van der Waals surface area (Å²) in [5.74, 6) is -0.168. The van der Waals surface area contributed by atoms with Crippen molar-refractivity contribution in [2.24, 2.45) is 0 Å². The number of amides is 1. The highest BCUT2D eigenvalue weighted by Gasteiger charge is 2.44. The third-order valence-corrected chi connectivity index (χ3v) is 16.8. The second-order valence-electron chi connectivity index (χ2n) is 24.6. The maximum absolute atomic E-state index is 13.0. The van der Waals surface area contributed by atoms with Crippen LogP contribution in [0.1, 0.15) is 348 Å². The second-order valence-corrected chi connectivity index (χ2v) is 24.6. The van der Waals surface area contributed by atoms with Gasteiger partial charge in [0.1, 0.15) is 24.4 Å². The Hall–Kier alpha value is -1.86. The quantitative estimate of drug-likeness (QED) is 0.0195. The normalized spacial score (nSPS) is 18.3. The summed E-state index contributed by atoms with van der Waals surface area (Å²) in [6.07, 6.45) is 64.8. The van der Waals surface area contributed by atoms with Crippen LogP contribution in [0.4, 0.5) is 0 Å². The molecule has 1 saturated heterocycles. The first-order chi connectivity index (χ1) is 39.7. The Kier molecular flexibility index (Phi) is 57.0. The van der Waals surface area contributed by atoms with E-state index in [1.165, 1.54) is 270 Å². The Morgan fingerprint density at radius 1 is 0.444 bits per heavy atom. The van der Waals surface area contributed by atoms with Crippen LogP contribution in [0.2, 0.25) is 0 Å². The van der Waals surface area contributed by atoms with E-state index in [0.29, 0.717) is 19.4 Å². The molecule has 0 aliphatic carbocycles. The summed E-state index contributed by atoms with van der Waals surface area (Å²) >= 11 is 0. The molecule has 11 nitrogen and oxygen atoms in total. The van der Waals surface area contributed by atoms with Crippen LogP contribution >= 0.6 is 0 Å². The maximum Gasteiger partial charge on any atom is 0.305 e. The van der Waals surface area contributed by atoms with Crippen LogP contribution in [0.3, 0.4) is 0 Å². The molecule has 0 aromatic carbocycles. The number of ether oxygens (including phenoxy) is 3. The van der Waals surface area contributed by atoms with E-state index in [1.54, 1.807) is 6.08 Å². The molecule has 81 heavy (non-hydrogen) atoms. The molecule has 1 rings (SSSR count). The summed E-state index contributed by atoms with van der Waals surface area (Å²) in [5, 5.41) is 54.3. The number of hydrogen-bond acceptors (Lipinski definition) is 10. The SMILES string of the molecule is CCCCCCCCC/C=C/C(O)C(COC1OC(CO)C(O)C(O)C1O)NC(=O)CCCCCCCCCCCCCCCCCCC/C=C\CCCCCCCCCCCCCCOC(=O)CCCCCCCCCCCCC. The first-order valence-electron chi connectivity index (χ1n) is 35.1. The third-order valence-electron chi connectivity index (χ3n) is 16.8. The Bertz CT molecular complexity index is 1390. The molecular formula is C70H133NO10. The van der Waals surface area contributed by atoms with Crippen LogP contribution in [-0.4, -0.2) is 100 Å². The van der Waals surface area contributed by atoms with Crippen molar-refractivity contribution in [3.05, 3.63) is 24.3 Å². The van der Waals surface area contributed by atoms with Gasteiger partial charge in [0, 0.05) is 12.8 Å². The van der Waals surface area contributed by atoms with Crippen LogP contribution in [-0.2, 0) is 23.8 Å². The van der Waals surface area contributed by atoms with Crippen molar-refractivity contribution in [1.82, 2.24) is 5.32 Å². The van der Waals surface area contributed by atoms with E-state index in [2.05, 4.69) is 31.3 Å². The molecule has 11 heteroatoms. The number of esters is 1. The number of hydrogen-bond donors (Lipinski definition) is 6. The molecule has 0 spiro atoms. The van der Waals surface area contributed by atoms with E-state index < -0.39 is 49.5 Å². The molecule has 0 aromatic rings. The van der Waals surface area contributed by atoms with Gasteiger partial charge in [0.15, 0.2) is 6.29 Å². The predicted molar refractivity (Wildman–Crippen MR) is 338 cm³/mol. The van der Waals surface area contributed by atoms with Gasteiger partial charge in [-0.15, -0.1) is 0 Å². The van der Waals surface area contributed by atoms with Crippen molar-refractivity contribution in [3.63, 3.8) is 0 Å². The number of aliphatic hydroxyl groups is 5. The van der Waals surface area contributed by atoms with Gasteiger partial charge in [-0.05, 0) is 57.8 Å². The zero-order chi connectivity index (χ0) is 58.7. The standard InChI is InChI=1S/C70H133NO10/c1-3-5-7-9-11-13-37-42-46-50-54-58-66(75)79-59-55-51-47-43-39-36-34-32-30-28-26-24-22-20-18-16-14-15-17-19-21-23-25-27-29-31-33-35-38-41-45-49-53-57-65(74)71-62(63(73)56-52-48-44-40-12-10-8-6-4-2)61-80-70-69(78)68(77)67(76)64(60-72)81-70/h18,20,52,56,62-64,67-70,72-73,76-78H,3-17,19,21-51,53-55,57-61H2,1-2H3,(H,71,74)/b20-18-,56-52+. The zero-order valence-electron chi connectivity index (χ0n) is 53.0. The van der Waals surface area contributed by atoms with E-state index in [4.69, 9.17) is 14.2 Å². The molecule has 7 unspecified atom stereocenters. The summed E-state index contributed by atoms with van der Waals surface area (Å²) in [5.41, 5.74) is 0. The van der Waals surface area contributed by atoms with Crippen molar-refractivity contribution in [3.8, 4) is 0 Å². The first-order valence-corrected chi connectivity index (χ1v) is 35.1. The lowest BCUT2D eigenvalue weighted by Gasteiger charge is -2.40. The highest BCUT2D eigenvalue weighted by atomic mass is 16.7. The molecule has 0 bridgehead atoms. The Morgan fingerprint density at radius 2 is 0.790 bits per heavy atom. The molecule has 478 valence electrons. The highest BCUT2D eigenvalue weighted by Crippen LogP contribution is 2.23. The van der Waals surface area contributed by atoms with E-state index in [1.807, 2.05) is 6.08 Å². The minimum atomic E-state index is -1.57. The Morgan fingerprint density at radius 3 is 1.19 bits per heavy atom. The lowest BCUT2D eigenvalue weighted by Crippen LogP contribution is -2.60. The minimum absolute atomic E-state index is 0.0115. The van der Waals surface area contributed by atoms with Crippen LogP contribution in [0.25, 0.3) is 0 Å². The smallest absolute Gasteiger partial charge is 0.305 e. The molecule has 1 aliphatic heterocycles. The fourth-order valence-corrected chi connectivity index (χ4v) is 11.3. The summed E-state index contributed by atoms with van der Waals surface area (Å²) < 4.78 is 16.7. The fraction of sp³-hybridized carbons (Fsp3) is 0.914. The summed E-state index contributed by atoms with van der Waals surface area (Å²) in [4.78, 5) is 25.0. The van der Waals surface area contributed by atoms with Gasteiger partial charge in [-0.1, -0.05) is 301 Å². The van der Waals surface area contributed by atoms with Crippen molar-refractivity contribution in [2.75, 3.05) is 19.8 Å². The van der Waals surface area contributed by atoms with Gasteiger partial charge in [-0.2, -0.15) is 0 Å². The molecule has 6 N–H and O–H groups in total. The number of nitrogens with one attached hydrogen (secondary N) is 1. The van der Waals surface area contributed by atoms with Crippen molar-refractivity contribution < 1.29 is 49.3 Å². The number of aliphatic hydroxyl groups excluding tert-OH is 5. The molecule has 1 aliphatic rings. The highest BCUT2D eigenvalue weighted by molar-refractivity contribution is 5.76. The van der Waals surface area contributed by atoms with Gasteiger partial charge in [0.05, 0.1) is 32.0 Å². The Balaban J connectivity index is 1.91. The maximum atomic E-state index is 13.0. The van der Waals surface area contributed by atoms with Crippen LogP contribution in [0.15, 0.2) is 24.3 Å². The van der Waals surface area contributed by atoms with Crippen molar-refractivity contribution in [1.29, 1.82) is 0 Å². The van der Waals surface area contributed by atoms with Gasteiger partial charge in [-0.3, -0.25) is 9.59 Å². The molecule has 1 amide bonds. The van der Waals surface area contributed by atoms with Gasteiger partial charge in [0.2, 0.25) is 5.91 Å². The summed E-state index contributed by atoms with van der Waals surface area (Å²) in [7, 11) is 0. The van der Waals surface area contributed by atoms with Crippen LogP contribution < -0.4 is 5.32 Å². The average molecular weight is 1150 g/mol. The number of unbranched alkanes of at least 4 members (excludes halogenated alkanes) is 46. The van der Waals surface area contributed by atoms with E-state index in [9.17, 15) is 35.1 Å². The fourth-order valence-electron chi connectivity index (χ4n) is 11.3. The topological polar surface area (TPSA) is 175 Å². The molecule has 0 saturated carbocycles. The van der Waals surface area contributed by atoms with Crippen molar-refractivity contribution >= 4 is 11.9 Å². The number of allylic oxidation sites excluding steroid dienone is 3. The monoisotopic (exact) mass is 1150 g/mol. The summed E-state index contributed by atoms with van der Waals surface area (Å²) in [6.45, 7) is 4.35. The lowest BCUT2D eigenvalue weighted by molar-refractivity contribution is -0.302. The number of rotatable bonds is 62. The van der Waals surface area contributed by atoms with Gasteiger partial charge in [-0.25, -0.2) is 0 Å². The third kappa shape index (κ3) is 49.0. The van der Waals surface area contributed by atoms with Crippen LogP contribution in [0.5, 0.6) is 0 Å². The molecule has 1 heterocycles. The van der Waals surface area contributed by atoms with Gasteiger partial charge >= 0.3 is 5.97 Å². The van der Waals surface area contributed by atoms with Gasteiger partial charge in [0.25, 0.3) is 0 Å². The lowest BCUT2D eigenvalue weighted by atomic mass is 9.99. The van der Waals surface area contributed by atoms with Crippen molar-refractivity contribution in [2.45, 2.75) is 391 Å². The Labute approximate surface area is 499 Å². The zero-order valence-corrected chi connectivity index (χ0v) is 53.0. The first kappa shape index (κ1) is 77.2. The van der Waals surface area contributed by atoms with E-state index in [0.717, 1.165) is 51.4 Å². The van der Waals surface area contributed by atoms with Crippen LogP contribution in [0, 0.1) is 0 Å². The molecule has 7 atom stereocenters. The molecule has 1 fully saturated rings. The second kappa shape index (κ2) is 59.9. The minimum Gasteiger partial charge on any atom is -0.466 e. The molecule has 0 aromatic heterocycles. The molecule has 0 radical (unpaired) electrons.